The third-order valence-electron chi connectivity index (χ3n) is 6.97. The van der Waals surface area contributed by atoms with E-state index in [1.165, 1.54) is 0 Å². The molecule has 0 aliphatic carbocycles. The number of hydrogen-bond acceptors (Lipinski definition) is 8. The molecule has 2 saturated heterocycles. The van der Waals surface area contributed by atoms with E-state index < -0.39 is 5.60 Å². The smallest absolute Gasteiger partial charge is 0.410 e. The molecule has 1 amide bonds. The normalized spacial score (nSPS) is 19.3. The molecular formula is C27H35ClN6O4. The number of aliphatic hydroxyl groups is 1. The van der Waals surface area contributed by atoms with Gasteiger partial charge in [-0.15, -0.1) is 0 Å². The van der Waals surface area contributed by atoms with Crippen LogP contribution in [-0.4, -0.2) is 86.9 Å². The number of amides is 1. The van der Waals surface area contributed by atoms with Crippen molar-refractivity contribution in [3.63, 3.8) is 0 Å². The molecule has 1 aromatic carbocycles. The maximum atomic E-state index is 12.5. The van der Waals surface area contributed by atoms with Gasteiger partial charge in [0.15, 0.2) is 5.82 Å². The van der Waals surface area contributed by atoms with Gasteiger partial charge >= 0.3 is 6.09 Å². The number of carbonyl (C=O) groups excluding carboxylic acids is 1. The van der Waals surface area contributed by atoms with Crippen LogP contribution in [0.25, 0.3) is 16.7 Å². The maximum absolute atomic E-state index is 12.5. The van der Waals surface area contributed by atoms with Gasteiger partial charge in [0.2, 0.25) is 0 Å². The van der Waals surface area contributed by atoms with Crippen LogP contribution >= 0.6 is 11.6 Å². The van der Waals surface area contributed by atoms with Crippen LogP contribution in [-0.2, 0) is 9.47 Å². The van der Waals surface area contributed by atoms with Crippen molar-refractivity contribution in [1.82, 2.24) is 24.6 Å². The molecule has 10 nitrogen and oxygen atoms in total. The number of piperidine rings is 1. The van der Waals surface area contributed by atoms with Crippen LogP contribution in [0.3, 0.4) is 0 Å². The van der Waals surface area contributed by atoms with Gasteiger partial charge in [-0.1, -0.05) is 11.6 Å². The molecule has 0 unspecified atom stereocenters. The second-order valence-corrected chi connectivity index (χ2v) is 11.4. The summed E-state index contributed by atoms with van der Waals surface area (Å²) >= 11 is 6.75. The Labute approximate surface area is 227 Å². The van der Waals surface area contributed by atoms with Crippen LogP contribution in [0.5, 0.6) is 0 Å². The molecule has 2 aliphatic heterocycles. The topological polar surface area (TPSA) is 106 Å². The number of aromatic nitrogens is 4. The number of fused-ring (bicyclic) bond motifs is 1. The zero-order chi connectivity index (χ0) is 27.0. The predicted molar refractivity (Wildman–Crippen MR) is 145 cm³/mol. The van der Waals surface area contributed by atoms with Crippen LogP contribution in [0, 0.1) is 6.92 Å². The van der Waals surface area contributed by atoms with Crippen molar-refractivity contribution in [1.29, 1.82) is 0 Å². The lowest BCUT2D eigenvalue weighted by Crippen LogP contribution is -2.44. The number of ether oxygens (including phenoxy) is 2. The van der Waals surface area contributed by atoms with Gasteiger partial charge < -0.3 is 24.4 Å². The Morgan fingerprint density at radius 3 is 2.61 bits per heavy atom. The van der Waals surface area contributed by atoms with Gasteiger partial charge in [0.1, 0.15) is 17.2 Å². The van der Waals surface area contributed by atoms with Gasteiger partial charge in [-0.25, -0.2) is 19.4 Å². The molecular weight excluding hydrogens is 508 g/mol. The first-order valence-electron chi connectivity index (χ1n) is 13.1. The van der Waals surface area contributed by atoms with Gasteiger partial charge in [-0.2, -0.15) is 5.10 Å². The summed E-state index contributed by atoms with van der Waals surface area (Å²) in [6.07, 6.45) is 2.90. The molecule has 1 atom stereocenters. The second-order valence-electron chi connectivity index (χ2n) is 11.0. The first-order chi connectivity index (χ1) is 18.1. The Kier molecular flexibility index (Phi) is 7.48. The van der Waals surface area contributed by atoms with E-state index in [1.807, 2.05) is 44.5 Å². The maximum Gasteiger partial charge on any atom is 0.410 e. The molecule has 0 bridgehead atoms. The molecule has 5 rings (SSSR count). The SMILES string of the molecule is Cc1nc(N2CCO[C@H](CO)C2)cc(-n2ncc3cc(Cl)c(C4CCN(C(=O)OC(C)(C)C)CC4)cc32)n1. The van der Waals surface area contributed by atoms with Crippen molar-refractivity contribution in [2.45, 2.75) is 58.2 Å². The molecule has 11 heteroatoms. The monoisotopic (exact) mass is 542 g/mol. The van der Waals surface area contributed by atoms with E-state index in [2.05, 4.69) is 26.0 Å². The summed E-state index contributed by atoms with van der Waals surface area (Å²) in [7, 11) is 0. The molecule has 0 saturated carbocycles. The number of likely N-dealkylation sites (tertiary alicyclic amines) is 1. The van der Waals surface area contributed by atoms with Gasteiger partial charge in [-0.3, -0.25) is 0 Å². The summed E-state index contributed by atoms with van der Waals surface area (Å²) in [5.74, 6) is 2.31. The fourth-order valence-corrected chi connectivity index (χ4v) is 5.43. The number of aliphatic hydroxyl groups excluding tert-OH is 1. The average Bonchev–Trinajstić information content (AvgIpc) is 3.29. The number of halogens is 1. The zero-order valence-corrected chi connectivity index (χ0v) is 23.1. The van der Waals surface area contributed by atoms with E-state index in [0.29, 0.717) is 49.5 Å². The van der Waals surface area contributed by atoms with Crippen LogP contribution in [0.4, 0.5) is 10.6 Å². The number of anilines is 1. The average molecular weight is 543 g/mol. The highest BCUT2D eigenvalue weighted by Gasteiger charge is 2.29. The standard InChI is InChI=1S/C27H35ClN6O4/c1-17-30-24(33-9-10-37-20(15-33)16-35)13-25(31-17)34-23-12-21(22(28)11-19(23)14-29-34)18-5-7-32(8-6-18)26(36)38-27(2,3)4/h11-14,18,20,35H,5-10,15-16H2,1-4H3/t20-/m0/s1. The van der Waals surface area contributed by atoms with Crippen molar-refractivity contribution in [3.8, 4) is 5.82 Å². The molecule has 2 aromatic heterocycles. The first-order valence-corrected chi connectivity index (χ1v) is 13.5. The van der Waals surface area contributed by atoms with Crippen LogP contribution in [0.1, 0.15) is 50.9 Å². The van der Waals surface area contributed by atoms with Gasteiger partial charge in [0, 0.05) is 42.7 Å². The molecule has 204 valence electrons. The molecule has 38 heavy (non-hydrogen) atoms. The van der Waals surface area contributed by atoms with Crippen LogP contribution < -0.4 is 4.90 Å². The highest BCUT2D eigenvalue weighted by atomic mass is 35.5. The minimum Gasteiger partial charge on any atom is -0.444 e. The fraction of sp³-hybridized carbons (Fsp3) is 0.556. The molecule has 0 spiro atoms. The highest BCUT2D eigenvalue weighted by Crippen LogP contribution is 2.36. The predicted octanol–water partition coefficient (Wildman–Crippen LogP) is 4.09. The Hall–Kier alpha value is -2.95. The molecule has 0 radical (unpaired) electrons. The van der Waals surface area contributed by atoms with E-state index in [4.69, 9.17) is 21.1 Å². The molecule has 2 fully saturated rings. The van der Waals surface area contributed by atoms with E-state index in [0.717, 1.165) is 35.1 Å². The van der Waals surface area contributed by atoms with Crippen LogP contribution in [0.15, 0.2) is 24.4 Å². The third kappa shape index (κ3) is 5.72. The number of aryl methyl sites for hydroxylation is 1. The van der Waals surface area contributed by atoms with Crippen LogP contribution in [0.2, 0.25) is 5.02 Å². The summed E-state index contributed by atoms with van der Waals surface area (Å²) in [6.45, 7) is 10.5. The summed E-state index contributed by atoms with van der Waals surface area (Å²) < 4.78 is 13.0. The number of rotatable bonds is 4. The summed E-state index contributed by atoms with van der Waals surface area (Å²) in [6, 6.07) is 5.98. The number of carbonyl (C=O) groups is 1. The highest BCUT2D eigenvalue weighted by molar-refractivity contribution is 6.32. The zero-order valence-electron chi connectivity index (χ0n) is 22.4. The summed E-state index contributed by atoms with van der Waals surface area (Å²) in [4.78, 5) is 25.7. The van der Waals surface area contributed by atoms with Crippen molar-refractivity contribution in [2.75, 3.05) is 44.3 Å². The Balaban J connectivity index is 1.40. The van der Waals surface area contributed by atoms with E-state index in [9.17, 15) is 9.90 Å². The van der Waals surface area contributed by atoms with Gasteiger partial charge in [-0.05, 0) is 64.2 Å². The number of hydrogen-bond donors (Lipinski definition) is 1. The lowest BCUT2D eigenvalue weighted by molar-refractivity contribution is 0.00335. The van der Waals surface area contributed by atoms with E-state index in [-0.39, 0.29) is 24.7 Å². The molecule has 2 aliphatic rings. The fourth-order valence-electron chi connectivity index (χ4n) is 5.10. The van der Waals surface area contributed by atoms with Crippen molar-refractivity contribution >= 4 is 34.4 Å². The Bertz CT molecular complexity index is 1310. The van der Waals surface area contributed by atoms with Gasteiger partial charge in [0.25, 0.3) is 0 Å². The van der Waals surface area contributed by atoms with Crippen molar-refractivity contribution in [3.05, 3.63) is 40.8 Å². The van der Waals surface area contributed by atoms with Crippen molar-refractivity contribution in [2.24, 2.45) is 0 Å². The molecule has 4 heterocycles. The second kappa shape index (κ2) is 10.7. The van der Waals surface area contributed by atoms with E-state index in [1.54, 1.807) is 11.1 Å². The van der Waals surface area contributed by atoms with Gasteiger partial charge in [0.05, 0.1) is 31.0 Å². The van der Waals surface area contributed by atoms with Crippen molar-refractivity contribution < 1.29 is 19.4 Å². The lowest BCUT2D eigenvalue weighted by Gasteiger charge is -2.34. The lowest BCUT2D eigenvalue weighted by atomic mass is 9.89. The largest absolute Gasteiger partial charge is 0.444 e. The number of benzene rings is 1. The molecule has 1 N–H and O–H groups in total. The minimum atomic E-state index is -0.512. The Morgan fingerprint density at radius 2 is 1.89 bits per heavy atom. The number of nitrogens with zero attached hydrogens (tertiary/aromatic N) is 6. The van der Waals surface area contributed by atoms with E-state index >= 15 is 0 Å². The molecule has 3 aromatic rings. The summed E-state index contributed by atoms with van der Waals surface area (Å²) in [5.41, 5.74) is 1.45. The minimum absolute atomic E-state index is 0.0303. The third-order valence-corrected chi connectivity index (χ3v) is 7.29. The first kappa shape index (κ1) is 26.6. The summed E-state index contributed by atoms with van der Waals surface area (Å²) in [5, 5.41) is 15.8. The quantitative estimate of drug-likeness (QED) is 0.525. The Morgan fingerprint density at radius 1 is 1.16 bits per heavy atom. The number of morpholine rings is 1.